The van der Waals surface area contributed by atoms with E-state index in [1.807, 2.05) is 12.1 Å². The molecule has 1 saturated heterocycles. The number of phenolic OH excluding ortho intramolecular Hbond substituents is 1. The first-order valence-corrected chi connectivity index (χ1v) is 8.12. The van der Waals surface area contributed by atoms with Gasteiger partial charge >= 0.3 is 0 Å². The van der Waals surface area contributed by atoms with E-state index in [-0.39, 0.29) is 0 Å². The number of hydrogen-bond donors (Lipinski definition) is 2. The molecule has 1 saturated carbocycles. The van der Waals surface area contributed by atoms with E-state index in [4.69, 9.17) is 4.74 Å². The zero-order valence-electron chi connectivity index (χ0n) is 12.8. The minimum Gasteiger partial charge on any atom is -0.504 e. The third-order valence-electron chi connectivity index (χ3n) is 4.96. The molecule has 1 aromatic carbocycles. The zero-order chi connectivity index (χ0) is 14.7. The predicted octanol–water partition coefficient (Wildman–Crippen LogP) is 2.54. The van der Waals surface area contributed by atoms with Crippen LogP contribution >= 0.6 is 0 Å². The van der Waals surface area contributed by atoms with Crippen molar-refractivity contribution in [2.75, 3.05) is 33.3 Å². The number of rotatable bonds is 4. The molecule has 2 aliphatic rings. The quantitative estimate of drug-likeness (QED) is 0.894. The summed E-state index contributed by atoms with van der Waals surface area (Å²) < 4.78 is 5.30. The van der Waals surface area contributed by atoms with Crippen molar-refractivity contribution in [3.63, 3.8) is 0 Å². The Labute approximate surface area is 127 Å². The molecule has 0 spiro atoms. The number of piperazine rings is 1. The number of aromatic hydroxyl groups is 1. The van der Waals surface area contributed by atoms with Gasteiger partial charge in [0.2, 0.25) is 0 Å². The Morgan fingerprint density at radius 2 is 1.95 bits per heavy atom. The first kappa shape index (κ1) is 14.7. The van der Waals surface area contributed by atoms with Crippen LogP contribution in [0.1, 0.15) is 37.3 Å². The van der Waals surface area contributed by atoms with E-state index in [1.165, 1.54) is 25.7 Å². The summed E-state index contributed by atoms with van der Waals surface area (Å²) in [6.45, 7) is 4.18. The van der Waals surface area contributed by atoms with E-state index in [0.29, 0.717) is 23.5 Å². The smallest absolute Gasteiger partial charge is 0.162 e. The third-order valence-corrected chi connectivity index (χ3v) is 4.96. The molecule has 1 heterocycles. The van der Waals surface area contributed by atoms with Crippen LogP contribution in [-0.4, -0.2) is 43.3 Å². The number of ether oxygens (including phenoxy) is 1. The average Bonchev–Trinajstić information content (AvgIpc) is 3.04. The van der Waals surface area contributed by atoms with E-state index in [9.17, 15) is 5.11 Å². The molecule has 3 rings (SSSR count). The molecule has 0 bridgehead atoms. The highest BCUT2D eigenvalue weighted by Gasteiger charge is 2.33. The Morgan fingerprint density at radius 1 is 1.24 bits per heavy atom. The molecular formula is C17H26N2O2. The van der Waals surface area contributed by atoms with E-state index in [0.717, 1.165) is 31.7 Å². The molecule has 4 heteroatoms. The van der Waals surface area contributed by atoms with Gasteiger partial charge in [0.1, 0.15) is 0 Å². The Bertz CT molecular complexity index is 466. The number of para-hydroxylation sites is 1. The predicted molar refractivity (Wildman–Crippen MR) is 83.8 cm³/mol. The Hall–Kier alpha value is -1.26. The number of nitrogens with one attached hydrogen (secondary N) is 1. The first-order chi connectivity index (χ1) is 10.3. The minimum atomic E-state index is 0.324. The third kappa shape index (κ3) is 3.01. The minimum absolute atomic E-state index is 0.324. The summed E-state index contributed by atoms with van der Waals surface area (Å²) in [5.74, 6) is 1.57. The van der Waals surface area contributed by atoms with Crippen molar-refractivity contribution in [3.8, 4) is 11.5 Å². The molecule has 116 valence electrons. The summed E-state index contributed by atoms with van der Waals surface area (Å²) in [6.07, 6.45) is 5.17. The van der Waals surface area contributed by atoms with Crippen molar-refractivity contribution < 1.29 is 9.84 Å². The van der Waals surface area contributed by atoms with Gasteiger partial charge in [-0.15, -0.1) is 0 Å². The van der Waals surface area contributed by atoms with Crippen LogP contribution in [0.15, 0.2) is 18.2 Å². The van der Waals surface area contributed by atoms with Gasteiger partial charge in [0.15, 0.2) is 11.5 Å². The highest BCUT2D eigenvalue weighted by molar-refractivity contribution is 5.47. The Morgan fingerprint density at radius 3 is 2.62 bits per heavy atom. The van der Waals surface area contributed by atoms with Crippen LogP contribution in [0.3, 0.4) is 0 Å². The summed E-state index contributed by atoms with van der Waals surface area (Å²) >= 11 is 0. The van der Waals surface area contributed by atoms with Gasteiger partial charge in [0, 0.05) is 37.8 Å². The number of benzene rings is 1. The summed E-state index contributed by atoms with van der Waals surface area (Å²) in [4.78, 5) is 2.54. The lowest BCUT2D eigenvalue weighted by Crippen LogP contribution is -2.46. The highest BCUT2D eigenvalue weighted by atomic mass is 16.5. The summed E-state index contributed by atoms with van der Waals surface area (Å²) in [7, 11) is 1.62. The molecule has 1 atom stereocenters. The van der Waals surface area contributed by atoms with Gasteiger partial charge in [-0.25, -0.2) is 0 Å². The molecule has 21 heavy (non-hydrogen) atoms. The number of nitrogens with zero attached hydrogens (tertiary/aromatic N) is 1. The Kier molecular flexibility index (Phi) is 4.66. The topological polar surface area (TPSA) is 44.7 Å². The van der Waals surface area contributed by atoms with Crippen molar-refractivity contribution >= 4 is 0 Å². The van der Waals surface area contributed by atoms with Gasteiger partial charge in [0.05, 0.1) is 7.11 Å². The Balaban J connectivity index is 1.93. The number of phenols is 1. The molecule has 1 aliphatic carbocycles. The molecule has 4 nitrogen and oxygen atoms in total. The fraction of sp³-hybridized carbons (Fsp3) is 0.647. The van der Waals surface area contributed by atoms with Crippen LogP contribution in [0.4, 0.5) is 0 Å². The standard InChI is InChI=1S/C17H26N2O2/c1-21-15-8-4-7-14(17(15)20)16(13-5-2-3-6-13)19-11-9-18-10-12-19/h4,7-8,13,16,18,20H,2-3,5-6,9-12H2,1H3/t16-/m1/s1. The summed E-state index contributed by atoms with van der Waals surface area (Å²) in [6, 6.07) is 6.23. The lowest BCUT2D eigenvalue weighted by atomic mass is 9.89. The second-order valence-corrected chi connectivity index (χ2v) is 6.17. The monoisotopic (exact) mass is 290 g/mol. The normalized spacial score (nSPS) is 22.3. The van der Waals surface area contributed by atoms with Crippen molar-refractivity contribution in [2.45, 2.75) is 31.7 Å². The summed E-state index contributed by atoms with van der Waals surface area (Å²) in [5.41, 5.74) is 1.04. The SMILES string of the molecule is COc1cccc([C@@H](C2CCCC2)N2CCNCC2)c1O. The van der Waals surface area contributed by atoms with Gasteiger partial charge in [0.25, 0.3) is 0 Å². The maximum Gasteiger partial charge on any atom is 0.162 e. The van der Waals surface area contributed by atoms with E-state index < -0.39 is 0 Å². The number of methoxy groups -OCH3 is 1. The van der Waals surface area contributed by atoms with Gasteiger partial charge < -0.3 is 15.2 Å². The van der Waals surface area contributed by atoms with Gasteiger partial charge in [-0.3, -0.25) is 4.90 Å². The molecule has 0 radical (unpaired) electrons. The lowest BCUT2D eigenvalue weighted by Gasteiger charge is -2.39. The second kappa shape index (κ2) is 6.67. The van der Waals surface area contributed by atoms with Crippen molar-refractivity contribution in [3.05, 3.63) is 23.8 Å². The highest BCUT2D eigenvalue weighted by Crippen LogP contribution is 2.44. The molecule has 1 aromatic rings. The molecular weight excluding hydrogens is 264 g/mol. The van der Waals surface area contributed by atoms with Crippen molar-refractivity contribution in [1.29, 1.82) is 0 Å². The molecule has 0 amide bonds. The van der Waals surface area contributed by atoms with E-state index >= 15 is 0 Å². The molecule has 1 aliphatic heterocycles. The van der Waals surface area contributed by atoms with E-state index in [2.05, 4.69) is 16.3 Å². The van der Waals surface area contributed by atoms with Crippen LogP contribution in [-0.2, 0) is 0 Å². The first-order valence-electron chi connectivity index (χ1n) is 8.12. The maximum absolute atomic E-state index is 10.6. The van der Waals surface area contributed by atoms with Gasteiger partial charge in [-0.1, -0.05) is 25.0 Å². The largest absolute Gasteiger partial charge is 0.504 e. The van der Waals surface area contributed by atoms with Crippen LogP contribution in [0, 0.1) is 5.92 Å². The molecule has 0 unspecified atom stereocenters. The van der Waals surface area contributed by atoms with Crippen LogP contribution in [0.5, 0.6) is 11.5 Å². The summed E-state index contributed by atoms with van der Waals surface area (Å²) in [5, 5.41) is 14.0. The average molecular weight is 290 g/mol. The number of hydrogen-bond acceptors (Lipinski definition) is 4. The van der Waals surface area contributed by atoms with Crippen molar-refractivity contribution in [1.82, 2.24) is 10.2 Å². The van der Waals surface area contributed by atoms with Crippen LogP contribution < -0.4 is 10.1 Å². The zero-order valence-corrected chi connectivity index (χ0v) is 12.8. The van der Waals surface area contributed by atoms with Crippen LogP contribution in [0.2, 0.25) is 0 Å². The molecule has 2 N–H and O–H groups in total. The van der Waals surface area contributed by atoms with E-state index in [1.54, 1.807) is 7.11 Å². The maximum atomic E-state index is 10.6. The van der Waals surface area contributed by atoms with Crippen molar-refractivity contribution in [2.24, 2.45) is 5.92 Å². The lowest BCUT2D eigenvalue weighted by molar-refractivity contribution is 0.123. The molecule has 2 fully saturated rings. The second-order valence-electron chi connectivity index (χ2n) is 6.17. The fourth-order valence-corrected chi connectivity index (χ4v) is 3.92. The fourth-order valence-electron chi connectivity index (χ4n) is 3.92. The van der Waals surface area contributed by atoms with Gasteiger partial charge in [-0.05, 0) is 24.8 Å². The van der Waals surface area contributed by atoms with Crippen LogP contribution in [0.25, 0.3) is 0 Å². The molecule has 0 aromatic heterocycles. The van der Waals surface area contributed by atoms with Gasteiger partial charge in [-0.2, -0.15) is 0 Å².